The molecule has 0 unspecified atom stereocenters. The second-order valence-electron chi connectivity index (χ2n) is 17.2. The van der Waals surface area contributed by atoms with Gasteiger partial charge in [0.1, 0.15) is 5.58 Å². The third-order valence-electron chi connectivity index (χ3n) is 13.5. The summed E-state index contributed by atoms with van der Waals surface area (Å²) in [7, 11) is 0. The van der Waals surface area contributed by atoms with Crippen molar-refractivity contribution < 1.29 is 4.42 Å². The van der Waals surface area contributed by atoms with E-state index in [1.165, 1.54) is 65.7 Å². The summed E-state index contributed by atoms with van der Waals surface area (Å²) in [6, 6.07) is 90.1. The summed E-state index contributed by atoms with van der Waals surface area (Å²) in [5, 5.41) is 10.0. The van der Waals surface area contributed by atoms with Crippen molar-refractivity contribution in [3.63, 3.8) is 0 Å². The Kier molecular flexibility index (Phi) is 8.89. The summed E-state index contributed by atoms with van der Waals surface area (Å²) < 4.78 is 6.68. The Bertz CT molecular complexity index is 3890. The molecular weight excluding hydrogens is 799 g/mol. The number of fused-ring (bicyclic) bond motifs is 3. The second-order valence-corrected chi connectivity index (χ2v) is 17.2. The molecule has 0 aliphatic carbocycles. The molecule has 12 aromatic carbocycles. The minimum absolute atomic E-state index is 0.859. The van der Waals surface area contributed by atoms with Gasteiger partial charge in [-0.25, -0.2) is 0 Å². The number of rotatable bonds is 8. The molecule has 0 saturated heterocycles. The Morgan fingerprint density at radius 1 is 0.273 bits per heavy atom. The highest BCUT2D eigenvalue weighted by Gasteiger charge is 2.22. The van der Waals surface area contributed by atoms with Crippen LogP contribution < -0.4 is 4.90 Å². The smallest absolute Gasteiger partial charge is 0.159 e. The maximum absolute atomic E-state index is 6.68. The van der Waals surface area contributed by atoms with Gasteiger partial charge in [0, 0.05) is 22.0 Å². The van der Waals surface area contributed by atoms with Gasteiger partial charge in [-0.05, 0) is 119 Å². The molecule has 0 radical (unpaired) electrons. The van der Waals surface area contributed by atoms with E-state index in [4.69, 9.17) is 4.42 Å². The lowest BCUT2D eigenvalue weighted by atomic mass is 9.88. The van der Waals surface area contributed by atoms with Crippen LogP contribution in [0.3, 0.4) is 0 Å². The van der Waals surface area contributed by atoms with E-state index >= 15 is 0 Å². The number of benzene rings is 12. The van der Waals surface area contributed by atoms with Gasteiger partial charge in [0.25, 0.3) is 0 Å². The molecule has 0 bridgehead atoms. The van der Waals surface area contributed by atoms with Crippen LogP contribution >= 0.6 is 0 Å². The van der Waals surface area contributed by atoms with Gasteiger partial charge in [-0.2, -0.15) is 0 Å². The lowest BCUT2D eigenvalue weighted by Crippen LogP contribution is -2.11. The van der Waals surface area contributed by atoms with Crippen molar-refractivity contribution in [1.82, 2.24) is 0 Å². The molecule has 66 heavy (non-hydrogen) atoms. The van der Waals surface area contributed by atoms with Crippen molar-refractivity contribution in [3.8, 4) is 55.6 Å². The lowest BCUT2D eigenvalue weighted by molar-refractivity contribution is 0.669. The van der Waals surface area contributed by atoms with Crippen molar-refractivity contribution in [1.29, 1.82) is 0 Å². The van der Waals surface area contributed by atoms with Crippen molar-refractivity contribution in [2.24, 2.45) is 0 Å². The van der Waals surface area contributed by atoms with Crippen LogP contribution in [0.15, 0.2) is 253 Å². The number of para-hydroxylation sites is 3. The van der Waals surface area contributed by atoms with Crippen LogP contribution in [0.4, 0.5) is 17.1 Å². The van der Waals surface area contributed by atoms with Gasteiger partial charge in [0.05, 0.1) is 11.4 Å². The summed E-state index contributed by atoms with van der Waals surface area (Å²) in [6.45, 7) is 0. The molecule has 0 atom stereocenters. The Morgan fingerprint density at radius 3 is 1.58 bits per heavy atom. The molecule has 0 N–H and O–H groups in total. The van der Waals surface area contributed by atoms with Gasteiger partial charge in [-0.15, -0.1) is 0 Å². The van der Waals surface area contributed by atoms with Gasteiger partial charge in [-0.3, -0.25) is 0 Å². The average Bonchev–Trinajstić information content (AvgIpc) is 3.78. The minimum Gasteiger partial charge on any atom is -0.454 e. The minimum atomic E-state index is 0.859. The van der Waals surface area contributed by atoms with E-state index in [0.717, 1.165) is 61.3 Å². The SMILES string of the molecule is c1ccc(-c2cc(-c3ccc(N(c4ccccc4-c4ccccc4)c4cccc5c4oc4ccccc45)cc3)ccc2-c2ccc(-c3ccc4ccc5cccc6ccc3c4c56)cc2)cc1. The Labute approximate surface area is 383 Å². The average molecular weight is 840 g/mol. The van der Waals surface area contributed by atoms with E-state index in [-0.39, 0.29) is 0 Å². The molecule has 2 heteroatoms. The molecule has 13 aromatic rings. The van der Waals surface area contributed by atoms with Crippen LogP contribution in [-0.4, -0.2) is 0 Å². The van der Waals surface area contributed by atoms with Crippen molar-refractivity contribution in [2.75, 3.05) is 4.90 Å². The number of anilines is 3. The zero-order valence-corrected chi connectivity index (χ0v) is 36.0. The standard InChI is InChI=1S/C64H41NO/c1-3-13-43(14-4-1)54-19-7-9-22-59(54)65(60-23-12-21-57-55-20-8-10-24-61(55)66-64(57)60)51-36-31-42(32-37-51)50-35-39-53(58(41-50)44-15-5-2-6-16-44)46-27-25-45(26-28-46)52-38-33-49-30-29-47-17-11-18-48-34-40-56(52)63(49)62(47)48/h1-41H. The number of nitrogens with zero attached hydrogens (tertiary/aromatic N) is 1. The van der Waals surface area contributed by atoms with E-state index in [1.54, 1.807) is 0 Å². The zero-order chi connectivity index (χ0) is 43.6. The quantitative estimate of drug-likeness (QED) is 0.142. The summed E-state index contributed by atoms with van der Waals surface area (Å²) in [5.41, 5.74) is 16.7. The van der Waals surface area contributed by atoms with E-state index < -0.39 is 0 Å². The van der Waals surface area contributed by atoms with Gasteiger partial charge in [0.15, 0.2) is 5.58 Å². The predicted molar refractivity (Wildman–Crippen MR) is 279 cm³/mol. The first kappa shape index (κ1) is 37.8. The molecule has 0 aliphatic rings. The summed E-state index contributed by atoms with van der Waals surface area (Å²) in [5.74, 6) is 0. The predicted octanol–water partition coefficient (Wildman–Crippen LogP) is 18.3. The van der Waals surface area contributed by atoms with Crippen LogP contribution in [0.1, 0.15) is 0 Å². The highest BCUT2D eigenvalue weighted by Crippen LogP contribution is 2.46. The number of furan rings is 1. The van der Waals surface area contributed by atoms with E-state index in [0.29, 0.717) is 0 Å². The van der Waals surface area contributed by atoms with Crippen molar-refractivity contribution in [2.45, 2.75) is 0 Å². The highest BCUT2D eigenvalue weighted by atomic mass is 16.3. The molecule has 0 amide bonds. The van der Waals surface area contributed by atoms with Crippen LogP contribution in [0.5, 0.6) is 0 Å². The zero-order valence-electron chi connectivity index (χ0n) is 36.0. The maximum Gasteiger partial charge on any atom is 0.159 e. The first-order valence-electron chi connectivity index (χ1n) is 22.7. The fraction of sp³-hybridized carbons (Fsp3) is 0. The van der Waals surface area contributed by atoms with E-state index in [2.05, 4.69) is 248 Å². The molecule has 13 rings (SSSR count). The molecule has 1 heterocycles. The Morgan fingerprint density at radius 2 is 0.803 bits per heavy atom. The van der Waals surface area contributed by atoms with Crippen LogP contribution in [0.25, 0.3) is 110 Å². The monoisotopic (exact) mass is 839 g/mol. The highest BCUT2D eigenvalue weighted by molar-refractivity contribution is 6.25. The third kappa shape index (κ3) is 6.26. The molecule has 0 fully saturated rings. The van der Waals surface area contributed by atoms with Gasteiger partial charge in [0.2, 0.25) is 0 Å². The molecule has 1 aromatic heterocycles. The summed E-state index contributed by atoms with van der Waals surface area (Å²) >= 11 is 0. The summed E-state index contributed by atoms with van der Waals surface area (Å²) in [4.78, 5) is 2.35. The first-order chi connectivity index (χ1) is 32.7. The van der Waals surface area contributed by atoms with E-state index in [9.17, 15) is 0 Å². The number of hydrogen-bond acceptors (Lipinski definition) is 2. The molecule has 308 valence electrons. The van der Waals surface area contributed by atoms with Gasteiger partial charge < -0.3 is 9.32 Å². The molecular formula is C64H41NO. The van der Waals surface area contributed by atoms with E-state index in [1.807, 2.05) is 6.07 Å². The molecule has 2 nitrogen and oxygen atoms in total. The van der Waals surface area contributed by atoms with Crippen LogP contribution in [0.2, 0.25) is 0 Å². The van der Waals surface area contributed by atoms with Crippen LogP contribution in [0, 0.1) is 0 Å². The number of hydrogen-bond donors (Lipinski definition) is 0. The first-order valence-corrected chi connectivity index (χ1v) is 22.7. The second kappa shape index (κ2) is 15.5. The molecule has 0 saturated carbocycles. The maximum atomic E-state index is 6.68. The van der Waals surface area contributed by atoms with Crippen LogP contribution in [-0.2, 0) is 0 Å². The Balaban J connectivity index is 0.897. The topological polar surface area (TPSA) is 16.4 Å². The summed E-state index contributed by atoms with van der Waals surface area (Å²) in [6.07, 6.45) is 0. The largest absolute Gasteiger partial charge is 0.454 e. The lowest BCUT2D eigenvalue weighted by Gasteiger charge is -2.28. The van der Waals surface area contributed by atoms with Crippen molar-refractivity contribution in [3.05, 3.63) is 249 Å². The molecule has 0 aliphatic heterocycles. The van der Waals surface area contributed by atoms with Gasteiger partial charge >= 0.3 is 0 Å². The third-order valence-corrected chi connectivity index (χ3v) is 13.5. The normalized spacial score (nSPS) is 11.6. The molecule has 0 spiro atoms. The fourth-order valence-corrected chi connectivity index (χ4v) is 10.3. The van der Waals surface area contributed by atoms with Crippen molar-refractivity contribution >= 4 is 71.3 Å². The fourth-order valence-electron chi connectivity index (χ4n) is 10.3. The van der Waals surface area contributed by atoms with Gasteiger partial charge in [-0.1, -0.05) is 212 Å². The Hall–Kier alpha value is -8.72.